The zero-order valence-electron chi connectivity index (χ0n) is 25.8. The van der Waals surface area contributed by atoms with Crippen LogP contribution in [0.25, 0.3) is 44.2 Å². The van der Waals surface area contributed by atoms with E-state index in [1.54, 1.807) is 0 Å². The topological polar surface area (TPSA) is 16.4 Å². The van der Waals surface area contributed by atoms with E-state index in [0.717, 1.165) is 11.2 Å². The Kier molecular flexibility index (Phi) is 5.49. The third-order valence-corrected chi connectivity index (χ3v) is 16.6. The number of furan rings is 1. The van der Waals surface area contributed by atoms with Crippen LogP contribution < -0.4 is 4.90 Å². The molecule has 9 rings (SSSR count). The Hall–Kier alpha value is -4.00. The molecule has 0 radical (unpaired) electrons. The fourth-order valence-corrected chi connectivity index (χ4v) is 13.5. The third-order valence-electron chi connectivity index (χ3n) is 10.2. The maximum absolute atomic E-state index is 6.89. The first-order valence-corrected chi connectivity index (χ1v) is 21.5. The molecule has 1 aromatic heterocycles. The fourth-order valence-electron chi connectivity index (χ4n) is 7.85. The summed E-state index contributed by atoms with van der Waals surface area (Å²) >= 11 is 2.85. The lowest BCUT2D eigenvalue weighted by atomic mass is 9.72. The Morgan fingerprint density at radius 2 is 1.20 bits per heavy atom. The van der Waals surface area contributed by atoms with E-state index in [1.165, 1.54) is 71.0 Å². The Morgan fingerprint density at radius 3 is 1.89 bits per heavy atom. The van der Waals surface area contributed by atoms with Gasteiger partial charge >= 0.3 is 0 Å². The van der Waals surface area contributed by atoms with Gasteiger partial charge in [-0.3, -0.25) is 0 Å². The van der Waals surface area contributed by atoms with Crippen LogP contribution in [0.4, 0.5) is 17.1 Å². The van der Waals surface area contributed by atoms with Crippen LogP contribution in [0.15, 0.2) is 142 Å². The Morgan fingerprint density at radius 1 is 0.600 bits per heavy atom. The standard InChI is InChI=1S/C41H34INOS/c1-41(2)32-23-28(26-13-7-5-8-14-26)19-21-34(32)43-35-22-20-29(27-15-9-6-10-16-27)24-37(35)45(3,4,42)40-38(43)33(41)25-31-30-17-11-12-18-36(30)44-39(31)40/h5-25,45H,1-4H3. The van der Waals surface area contributed by atoms with Crippen LogP contribution in [0.5, 0.6) is 0 Å². The quantitative estimate of drug-likeness (QED) is 0.142. The molecule has 0 fully saturated rings. The summed E-state index contributed by atoms with van der Waals surface area (Å²) in [6.45, 7) is 4.81. The van der Waals surface area contributed by atoms with Crippen molar-refractivity contribution in [3.8, 4) is 22.3 Å². The summed E-state index contributed by atoms with van der Waals surface area (Å²) in [6, 6.07) is 46.7. The van der Waals surface area contributed by atoms with E-state index >= 15 is 0 Å². The molecule has 0 saturated heterocycles. The summed E-state index contributed by atoms with van der Waals surface area (Å²) in [5, 5.41) is 2.40. The van der Waals surface area contributed by atoms with Gasteiger partial charge in [-0.05, 0) is 103 Å². The molecular weight excluding hydrogens is 681 g/mol. The fraction of sp³-hybridized carbons (Fsp3) is 0.122. The largest absolute Gasteiger partial charge is 0.455 e. The average Bonchev–Trinajstić information content (AvgIpc) is 3.42. The summed E-state index contributed by atoms with van der Waals surface area (Å²) in [7, 11) is 0. The number of hydrogen-bond donors (Lipinski definition) is 1. The molecule has 7 aromatic rings. The zero-order valence-corrected chi connectivity index (χ0v) is 28.9. The van der Waals surface area contributed by atoms with E-state index in [-0.39, 0.29) is 5.41 Å². The number of rotatable bonds is 2. The molecule has 45 heavy (non-hydrogen) atoms. The zero-order chi connectivity index (χ0) is 30.7. The van der Waals surface area contributed by atoms with Crippen LogP contribution in [-0.4, -0.2) is 12.5 Å². The number of benzene rings is 6. The highest BCUT2D eigenvalue weighted by atomic mass is 127. The van der Waals surface area contributed by atoms with Crippen molar-refractivity contribution in [3.63, 3.8) is 0 Å². The summed E-state index contributed by atoms with van der Waals surface area (Å²) < 4.78 is 6.89. The molecule has 222 valence electrons. The lowest BCUT2D eigenvalue weighted by Crippen LogP contribution is -2.35. The van der Waals surface area contributed by atoms with Crippen LogP contribution in [0.3, 0.4) is 0 Å². The van der Waals surface area contributed by atoms with Crippen LogP contribution in [0, 0.1) is 0 Å². The Balaban J connectivity index is 1.43. The van der Waals surface area contributed by atoms with Crippen molar-refractivity contribution in [1.82, 2.24) is 0 Å². The Labute approximate surface area is 276 Å². The highest BCUT2D eigenvalue weighted by Crippen LogP contribution is 2.89. The second kappa shape index (κ2) is 9.05. The van der Waals surface area contributed by atoms with Crippen molar-refractivity contribution >= 4 is 66.5 Å². The van der Waals surface area contributed by atoms with Gasteiger partial charge in [0.25, 0.3) is 0 Å². The number of hydrogen-bond acceptors (Lipinski definition) is 2. The molecule has 0 aliphatic carbocycles. The normalized spacial score (nSPS) is 17.6. The van der Waals surface area contributed by atoms with Crippen molar-refractivity contribution in [1.29, 1.82) is 0 Å². The second-order valence-electron chi connectivity index (χ2n) is 13.7. The van der Waals surface area contributed by atoms with Gasteiger partial charge in [-0.1, -0.05) is 105 Å². The first-order valence-electron chi connectivity index (χ1n) is 15.5. The average molecular weight is 716 g/mol. The van der Waals surface area contributed by atoms with Gasteiger partial charge in [0, 0.05) is 21.1 Å². The van der Waals surface area contributed by atoms with Crippen LogP contribution in [0.1, 0.15) is 25.0 Å². The molecule has 4 heteroatoms. The molecule has 0 spiro atoms. The molecule has 2 aliphatic rings. The summed E-state index contributed by atoms with van der Waals surface area (Å²) in [6.07, 6.45) is 2.22. The molecule has 2 nitrogen and oxygen atoms in total. The van der Waals surface area contributed by atoms with Crippen molar-refractivity contribution in [2.75, 3.05) is 17.4 Å². The molecule has 6 aromatic carbocycles. The van der Waals surface area contributed by atoms with E-state index in [0.29, 0.717) is 0 Å². The molecule has 2 aliphatic heterocycles. The van der Waals surface area contributed by atoms with E-state index in [2.05, 4.69) is 180 Å². The van der Waals surface area contributed by atoms with Crippen molar-refractivity contribution in [3.05, 3.63) is 139 Å². The first kappa shape index (κ1) is 27.3. The maximum Gasteiger partial charge on any atom is 0.149 e. The van der Waals surface area contributed by atoms with Gasteiger partial charge in [0.15, 0.2) is 0 Å². The highest BCUT2D eigenvalue weighted by molar-refractivity contribution is 14.2. The lowest BCUT2D eigenvalue weighted by molar-refractivity contribution is 0.624. The van der Waals surface area contributed by atoms with E-state index in [1.807, 2.05) is 0 Å². The smallest absolute Gasteiger partial charge is 0.149 e. The molecule has 0 unspecified atom stereocenters. The third kappa shape index (κ3) is 3.70. The number of para-hydroxylation sites is 1. The van der Waals surface area contributed by atoms with Gasteiger partial charge in [-0.25, -0.2) is 0 Å². The molecule has 3 heterocycles. The SMILES string of the molecule is CC1(C)c2cc(-c3ccccc3)ccc2N2c3ccc(-c4ccccc4)cc3[SH](C)(C)(I)c3c2c1cc1c3oc2ccccc21. The van der Waals surface area contributed by atoms with Gasteiger partial charge in [0.1, 0.15) is 11.2 Å². The van der Waals surface area contributed by atoms with Crippen LogP contribution in [0.2, 0.25) is 0 Å². The molecular formula is C41H34INOS. The maximum atomic E-state index is 6.89. The number of nitrogens with zero attached hydrogens (tertiary/aromatic N) is 1. The van der Waals surface area contributed by atoms with Gasteiger partial charge < -0.3 is 9.32 Å². The van der Waals surface area contributed by atoms with E-state index in [4.69, 9.17) is 4.42 Å². The predicted molar refractivity (Wildman–Crippen MR) is 203 cm³/mol. The second-order valence-corrected chi connectivity index (χ2v) is 27.2. The molecule has 0 bridgehead atoms. The van der Waals surface area contributed by atoms with Crippen molar-refractivity contribution < 1.29 is 4.42 Å². The Bertz CT molecular complexity index is 2350. The lowest BCUT2D eigenvalue weighted by Gasteiger charge is -2.59. The van der Waals surface area contributed by atoms with Gasteiger partial charge in [0.05, 0.1) is 22.0 Å². The minimum absolute atomic E-state index is 0.231. The predicted octanol–water partition coefficient (Wildman–Crippen LogP) is 12.4. The van der Waals surface area contributed by atoms with E-state index < -0.39 is 6.33 Å². The molecule has 0 saturated carbocycles. The minimum Gasteiger partial charge on any atom is -0.455 e. The summed E-state index contributed by atoms with van der Waals surface area (Å²) in [5.74, 6) is 0. The highest BCUT2D eigenvalue weighted by Gasteiger charge is 2.50. The number of thiol groups is 1. The number of fused-ring (bicyclic) bond motifs is 8. The van der Waals surface area contributed by atoms with Gasteiger partial charge in [-0.2, -0.15) is 6.33 Å². The van der Waals surface area contributed by atoms with Gasteiger partial charge in [-0.15, -0.1) is 0 Å². The minimum atomic E-state index is -2.81. The van der Waals surface area contributed by atoms with Crippen molar-refractivity contribution in [2.45, 2.75) is 29.1 Å². The first-order chi connectivity index (χ1) is 21.6. The molecule has 0 N–H and O–H groups in total. The van der Waals surface area contributed by atoms with Crippen molar-refractivity contribution in [2.24, 2.45) is 0 Å². The molecule has 0 amide bonds. The number of anilines is 3. The van der Waals surface area contributed by atoms with Crippen LogP contribution >= 0.6 is 27.5 Å². The van der Waals surface area contributed by atoms with Gasteiger partial charge in [0.2, 0.25) is 0 Å². The molecule has 0 atom stereocenters. The van der Waals surface area contributed by atoms with E-state index in [9.17, 15) is 0 Å². The monoisotopic (exact) mass is 715 g/mol. The summed E-state index contributed by atoms with van der Waals surface area (Å²) in [5.41, 5.74) is 13.3. The number of halogens is 1. The summed E-state index contributed by atoms with van der Waals surface area (Å²) in [4.78, 5) is 5.34. The van der Waals surface area contributed by atoms with Crippen LogP contribution in [-0.2, 0) is 5.41 Å².